The average Bonchev–Trinajstić information content (AvgIpc) is 3.07. The minimum Gasteiger partial charge on any atom is -0.302 e. The maximum Gasteiger partial charge on any atom is 0.0234 e. The molecule has 2 heteroatoms. The summed E-state index contributed by atoms with van der Waals surface area (Å²) in [6.45, 7) is 7.00. The molecule has 2 unspecified atom stereocenters. The fourth-order valence-electron chi connectivity index (χ4n) is 5.42. The molecule has 0 spiro atoms. The second-order valence-electron chi connectivity index (χ2n) is 9.03. The van der Waals surface area contributed by atoms with E-state index in [0.717, 1.165) is 13.1 Å². The lowest BCUT2D eigenvalue weighted by Gasteiger charge is -2.27. The highest BCUT2D eigenvalue weighted by Crippen LogP contribution is 2.34. The van der Waals surface area contributed by atoms with Gasteiger partial charge in [-0.25, -0.2) is 0 Å². The zero-order valence-corrected chi connectivity index (χ0v) is 17.8. The van der Waals surface area contributed by atoms with E-state index < -0.39 is 0 Å². The first-order valence-corrected chi connectivity index (χ1v) is 11.5. The van der Waals surface area contributed by atoms with Crippen LogP contribution in [0.1, 0.15) is 28.2 Å². The number of rotatable bonds is 5. The van der Waals surface area contributed by atoms with Crippen molar-refractivity contribution in [2.75, 3.05) is 32.7 Å². The summed E-state index contributed by atoms with van der Waals surface area (Å²) >= 11 is 0. The molecule has 2 atom stereocenters. The molecule has 0 N–H and O–H groups in total. The molecule has 1 saturated heterocycles. The Kier molecular flexibility index (Phi) is 5.96. The predicted octanol–water partition coefficient (Wildman–Crippen LogP) is 5.00. The van der Waals surface area contributed by atoms with Gasteiger partial charge >= 0.3 is 0 Å². The monoisotopic (exact) mass is 396 g/mol. The van der Waals surface area contributed by atoms with Crippen LogP contribution in [-0.4, -0.2) is 42.5 Å². The average molecular weight is 397 g/mol. The summed E-state index contributed by atoms with van der Waals surface area (Å²) in [4.78, 5) is 5.40. The third kappa shape index (κ3) is 4.50. The summed E-state index contributed by atoms with van der Waals surface area (Å²) in [6, 6.07) is 31.2. The van der Waals surface area contributed by atoms with Crippen LogP contribution in [0.25, 0.3) is 0 Å². The maximum atomic E-state index is 2.73. The van der Waals surface area contributed by atoms with Crippen LogP contribution in [0.2, 0.25) is 0 Å². The van der Waals surface area contributed by atoms with E-state index in [4.69, 9.17) is 0 Å². The van der Waals surface area contributed by atoms with Gasteiger partial charge in [0.25, 0.3) is 0 Å². The Morgan fingerprint density at radius 1 is 0.633 bits per heavy atom. The molecule has 2 aliphatic rings. The second kappa shape index (κ2) is 9.16. The first-order valence-electron chi connectivity index (χ1n) is 11.5. The van der Waals surface area contributed by atoms with Crippen molar-refractivity contribution in [3.63, 3.8) is 0 Å². The van der Waals surface area contributed by atoms with E-state index in [9.17, 15) is 0 Å². The molecule has 2 heterocycles. The number of hydrogen-bond acceptors (Lipinski definition) is 2. The van der Waals surface area contributed by atoms with E-state index in [1.54, 1.807) is 11.1 Å². The predicted molar refractivity (Wildman–Crippen MR) is 125 cm³/mol. The van der Waals surface area contributed by atoms with Gasteiger partial charge < -0.3 is 4.90 Å². The van der Waals surface area contributed by atoms with E-state index in [1.807, 2.05) is 0 Å². The van der Waals surface area contributed by atoms with Crippen molar-refractivity contribution in [1.82, 2.24) is 9.80 Å². The molecule has 2 aliphatic heterocycles. The number of fused-ring (bicyclic) bond motifs is 1. The Bertz CT molecular complexity index is 910. The summed E-state index contributed by atoms with van der Waals surface area (Å²) in [7, 11) is 0. The largest absolute Gasteiger partial charge is 0.302 e. The minimum absolute atomic E-state index is 0.626. The molecule has 5 rings (SSSR count). The quantitative estimate of drug-likeness (QED) is 0.599. The van der Waals surface area contributed by atoms with Crippen LogP contribution < -0.4 is 0 Å². The second-order valence-corrected chi connectivity index (χ2v) is 9.03. The van der Waals surface area contributed by atoms with Crippen LogP contribution >= 0.6 is 0 Å². The summed E-state index contributed by atoms with van der Waals surface area (Å²) in [5.74, 6) is 1.32. The fourth-order valence-corrected chi connectivity index (χ4v) is 5.42. The first-order chi connectivity index (χ1) is 14.8. The Morgan fingerprint density at radius 2 is 1.23 bits per heavy atom. The summed E-state index contributed by atoms with van der Waals surface area (Å²) in [5.41, 5.74) is 6.04. The number of likely N-dealkylation sites (tertiary alicyclic amines) is 1. The Balaban J connectivity index is 1.30. The Hall–Kier alpha value is -2.42. The van der Waals surface area contributed by atoms with E-state index >= 15 is 0 Å². The highest BCUT2D eigenvalue weighted by atomic mass is 15.2. The van der Waals surface area contributed by atoms with Gasteiger partial charge in [-0.1, -0.05) is 84.9 Å². The first kappa shape index (κ1) is 19.5. The van der Waals surface area contributed by atoms with Gasteiger partial charge in [-0.3, -0.25) is 4.90 Å². The van der Waals surface area contributed by atoms with E-state index in [1.165, 1.54) is 50.1 Å². The maximum absolute atomic E-state index is 2.73. The third-order valence-electron chi connectivity index (χ3n) is 7.00. The van der Waals surface area contributed by atoms with Crippen molar-refractivity contribution < 1.29 is 0 Å². The number of benzene rings is 3. The molecule has 0 amide bonds. The standard InChI is InChI=1S/C28H32N2/c1-3-9-23(10-4-1)19-30-21-27(28(22-30)26-13-5-2-6-14-26)20-29-17-15-24-11-7-8-12-25(24)16-18-29/h1-14,27-28H,15-22H2. The van der Waals surface area contributed by atoms with Gasteiger partial charge in [0.15, 0.2) is 0 Å². The van der Waals surface area contributed by atoms with Gasteiger partial charge in [0.2, 0.25) is 0 Å². The van der Waals surface area contributed by atoms with Crippen LogP contribution in [0.5, 0.6) is 0 Å². The molecule has 3 aromatic rings. The van der Waals surface area contributed by atoms with Gasteiger partial charge in [-0.15, -0.1) is 0 Å². The molecule has 0 radical (unpaired) electrons. The lowest BCUT2D eigenvalue weighted by molar-refractivity contribution is 0.228. The minimum atomic E-state index is 0.626. The Morgan fingerprint density at radius 3 is 1.90 bits per heavy atom. The zero-order valence-electron chi connectivity index (χ0n) is 17.8. The van der Waals surface area contributed by atoms with E-state index in [0.29, 0.717) is 11.8 Å². The van der Waals surface area contributed by atoms with Gasteiger partial charge in [-0.2, -0.15) is 0 Å². The molecule has 3 aromatic carbocycles. The fraction of sp³-hybridized carbons (Fsp3) is 0.357. The zero-order chi connectivity index (χ0) is 20.2. The van der Waals surface area contributed by atoms with Gasteiger partial charge in [0, 0.05) is 45.2 Å². The van der Waals surface area contributed by atoms with Crippen molar-refractivity contribution in [1.29, 1.82) is 0 Å². The SMILES string of the molecule is c1ccc(CN2CC(CN3CCc4ccccc4CC3)C(c3ccccc3)C2)cc1. The van der Waals surface area contributed by atoms with Crippen LogP contribution in [-0.2, 0) is 19.4 Å². The molecular weight excluding hydrogens is 364 g/mol. The van der Waals surface area contributed by atoms with Gasteiger partial charge in [0.05, 0.1) is 0 Å². The summed E-state index contributed by atoms with van der Waals surface area (Å²) in [6.07, 6.45) is 2.37. The molecule has 0 saturated carbocycles. The smallest absolute Gasteiger partial charge is 0.0234 e. The van der Waals surface area contributed by atoms with Crippen molar-refractivity contribution in [3.8, 4) is 0 Å². The molecule has 0 aliphatic carbocycles. The third-order valence-corrected chi connectivity index (χ3v) is 7.00. The van der Waals surface area contributed by atoms with Crippen molar-refractivity contribution in [2.24, 2.45) is 5.92 Å². The molecule has 1 fully saturated rings. The topological polar surface area (TPSA) is 6.48 Å². The molecule has 30 heavy (non-hydrogen) atoms. The van der Waals surface area contributed by atoms with Crippen LogP contribution in [0, 0.1) is 5.92 Å². The molecule has 154 valence electrons. The lowest BCUT2D eigenvalue weighted by atomic mass is 9.88. The van der Waals surface area contributed by atoms with Gasteiger partial charge in [-0.05, 0) is 41.0 Å². The highest BCUT2D eigenvalue weighted by Gasteiger charge is 2.34. The molecule has 0 bridgehead atoms. The molecule has 0 aromatic heterocycles. The van der Waals surface area contributed by atoms with Crippen LogP contribution in [0.3, 0.4) is 0 Å². The van der Waals surface area contributed by atoms with E-state index in [2.05, 4.69) is 94.7 Å². The highest BCUT2D eigenvalue weighted by molar-refractivity contribution is 5.29. The van der Waals surface area contributed by atoms with Crippen molar-refractivity contribution in [3.05, 3.63) is 107 Å². The van der Waals surface area contributed by atoms with Crippen molar-refractivity contribution in [2.45, 2.75) is 25.3 Å². The lowest BCUT2D eigenvalue weighted by Crippen LogP contribution is -2.34. The summed E-state index contributed by atoms with van der Waals surface area (Å²) < 4.78 is 0. The van der Waals surface area contributed by atoms with Crippen LogP contribution in [0.15, 0.2) is 84.9 Å². The van der Waals surface area contributed by atoms with Crippen LogP contribution in [0.4, 0.5) is 0 Å². The Labute approximate surface area is 181 Å². The normalized spacial score (nSPS) is 22.5. The molecular formula is C28H32N2. The van der Waals surface area contributed by atoms with E-state index in [-0.39, 0.29) is 0 Å². The van der Waals surface area contributed by atoms with Gasteiger partial charge in [0.1, 0.15) is 0 Å². The number of nitrogens with zero attached hydrogens (tertiary/aromatic N) is 2. The number of hydrogen-bond donors (Lipinski definition) is 0. The molecule has 2 nitrogen and oxygen atoms in total. The summed E-state index contributed by atoms with van der Waals surface area (Å²) in [5, 5.41) is 0. The van der Waals surface area contributed by atoms with Crippen molar-refractivity contribution >= 4 is 0 Å².